The van der Waals surface area contributed by atoms with Crippen molar-refractivity contribution in [2.75, 3.05) is 7.11 Å². The largest absolute Gasteiger partial charge is 0.507 e. The zero-order valence-corrected chi connectivity index (χ0v) is 15.3. The van der Waals surface area contributed by atoms with Crippen molar-refractivity contribution in [1.82, 2.24) is 0 Å². The molecule has 0 bridgehead atoms. The Bertz CT molecular complexity index is 792. The number of hydrogen-bond acceptors (Lipinski definition) is 5. The van der Waals surface area contributed by atoms with Crippen molar-refractivity contribution in [3.8, 4) is 11.5 Å². The zero-order valence-electron chi connectivity index (χ0n) is 15.3. The molecule has 1 heterocycles. The van der Waals surface area contributed by atoms with Gasteiger partial charge in [0.25, 0.3) is 0 Å². The number of rotatable bonds is 5. The molecule has 1 saturated carbocycles. The van der Waals surface area contributed by atoms with E-state index in [-0.39, 0.29) is 29.8 Å². The average molecular weight is 360 g/mol. The second-order valence-corrected chi connectivity index (χ2v) is 7.05. The molecule has 6 heteroatoms. The molecule has 6 nitrogen and oxygen atoms in total. The van der Waals surface area contributed by atoms with E-state index in [1.54, 1.807) is 0 Å². The van der Waals surface area contributed by atoms with Crippen LogP contribution in [-0.2, 0) is 22.6 Å². The summed E-state index contributed by atoms with van der Waals surface area (Å²) in [7, 11) is 1.53. The first-order valence-corrected chi connectivity index (χ1v) is 8.84. The van der Waals surface area contributed by atoms with Crippen molar-refractivity contribution in [3.63, 3.8) is 0 Å². The van der Waals surface area contributed by atoms with Crippen LogP contribution in [0.4, 0.5) is 0 Å². The second kappa shape index (κ2) is 7.02. The van der Waals surface area contributed by atoms with E-state index >= 15 is 0 Å². The number of carboxylic acids is 1. The molecule has 1 aliphatic heterocycles. The fourth-order valence-corrected chi connectivity index (χ4v) is 4.24. The lowest BCUT2D eigenvalue weighted by Gasteiger charge is -2.18. The molecule has 3 rings (SSSR count). The third kappa shape index (κ3) is 2.93. The molecule has 0 spiro atoms. The summed E-state index contributed by atoms with van der Waals surface area (Å²) in [6.07, 6.45) is 4.77. The van der Waals surface area contributed by atoms with E-state index in [0.717, 1.165) is 24.0 Å². The standard InChI is InChI=1S/C20H24O6/c1-10(12-5-4-6-13(12)19(22)23)7-8-14-17(21)16-15(9-26-20(16)24)11(2)18(14)25-3/h7,12-13,21H,4-6,8-9H2,1-3H3,(H,22,23). The summed E-state index contributed by atoms with van der Waals surface area (Å²) in [4.78, 5) is 23.4. The highest BCUT2D eigenvalue weighted by atomic mass is 16.5. The minimum atomic E-state index is -0.753. The van der Waals surface area contributed by atoms with Gasteiger partial charge in [-0.15, -0.1) is 0 Å². The number of allylic oxidation sites excluding steroid dienone is 2. The fourth-order valence-electron chi connectivity index (χ4n) is 4.24. The Morgan fingerprint density at radius 1 is 1.35 bits per heavy atom. The monoisotopic (exact) mass is 360 g/mol. The SMILES string of the molecule is COc1c(C)c2c(c(O)c1CC=C(C)C1CCCC1C(=O)O)C(=O)OC2. The first-order valence-electron chi connectivity index (χ1n) is 8.84. The van der Waals surface area contributed by atoms with Gasteiger partial charge in [-0.05, 0) is 44.6 Å². The Hall–Kier alpha value is -2.50. The number of benzene rings is 1. The highest BCUT2D eigenvalue weighted by molar-refractivity contribution is 5.98. The van der Waals surface area contributed by atoms with Gasteiger partial charge >= 0.3 is 11.9 Å². The van der Waals surface area contributed by atoms with Gasteiger partial charge in [0.2, 0.25) is 0 Å². The number of methoxy groups -OCH3 is 1. The second-order valence-electron chi connectivity index (χ2n) is 7.05. The van der Waals surface area contributed by atoms with Gasteiger partial charge in [-0.2, -0.15) is 0 Å². The first-order chi connectivity index (χ1) is 12.4. The summed E-state index contributed by atoms with van der Waals surface area (Å²) in [6.45, 7) is 3.92. The maximum Gasteiger partial charge on any atom is 0.342 e. The van der Waals surface area contributed by atoms with Gasteiger partial charge in [0.15, 0.2) is 0 Å². The number of phenolic OH excluding ortho intramolecular Hbond substituents is 1. The normalized spacial score (nSPS) is 22.3. The van der Waals surface area contributed by atoms with Crippen molar-refractivity contribution in [2.45, 2.75) is 46.1 Å². The predicted molar refractivity (Wildman–Crippen MR) is 94.4 cm³/mol. The quantitative estimate of drug-likeness (QED) is 0.618. The summed E-state index contributed by atoms with van der Waals surface area (Å²) in [5.74, 6) is -1.16. The summed E-state index contributed by atoms with van der Waals surface area (Å²) in [5, 5.41) is 20.0. The molecule has 0 saturated heterocycles. The number of carboxylic acid groups (broad SMARTS) is 1. The van der Waals surface area contributed by atoms with Gasteiger partial charge in [0.05, 0.1) is 13.0 Å². The third-order valence-electron chi connectivity index (χ3n) is 5.69. The van der Waals surface area contributed by atoms with E-state index < -0.39 is 11.9 Å². The topological polar surface area (TPSA) is 93.1 Å². The zero-order chi connectivity index (χ0) is 19.0. The van der Waals surface area contributed by atoms with Crippen LogP contribution < -0.4 is 4.74 Å². The lowest BCUT2D eigenvalue weighted by atomic mass is 9.88. The van der Waals surface area contributed by atoms with Crippen LogP contribution in [-0.4, -0.2) is 29.3 Å². The van der Waals surface area contributed by atoms with E-state index in [1.165, 1.54) is 7.11 Å². The van der Waals surface area contributed by atoms with E-state index in [9.17, 15) is 19.8 Å². The Labute approximate surface area is 152 Å². The number of esters is 1. The molecule has 0 aromatic heterocycles. The van der Waals surface area contributed by atoms with Crippen molar-refractivity contribution >= 4 is 11.9 Å². The van der Waals surface area contributed by atoms with Crippen LogP contribution in [0, 0.1) is 18.8 Å². The Morgan fingerprint density at radius 2 is 2.04 bits per heavy atom. The number of phenols is 1. The van der Waals surface area contributed by atoms with Gasteiger partial charge in [0.1, 0.15) is 23.7 Å². The van der Waals surface area contributed by atoms with E-state index in [2.05, 4.69) is 0 Å². The highest BCUT2D eigenvalue weighted by Gasteiger charge is 2.34. The first kappa shape index (κ1) is 18.3. The number of cyclic esters (lactones) is 1. The minimum Gasteiger partial charge on any atom is -0.507 e. The Morgan fingerprint density at radius 3 is 2.69 bits per heavy atom. The molecule has 2 aliphatic rings. The molecule has 1 aromatic rings. The molecule has 2 N–H and O–H groups in total. The molecular weight excluding hydrogens is 336 g/mol. The van der Waals surface area contributed by atoms with Crippen molar-refractivity contribution < 1.29 is 29.3 Å². The van der Waals surface area contributed by atoms with Crippen molar-refractivity contribution in [1.29, 1.82) is 0 Å². The van der Waals surface area contributed by atoms with Crippen LogP contribution in [0.2, 0.25) is 0 Å². The molecule has 26 heavy (non-hydrogen) atoms. The number of ether oxygens (including phenoxy) is 2. The number of carbonyl (C=O) groups excluding carboxylic acids is 1. The van der Waals surface area contributed by atoms with Gasteiger partial charge in [-0.3, -0.25) is 4.79 Å². The fraction of sp³-hybridized carbons (Fsp3) is 0.500. The summed E-state index contributed by atoms with van der Waals surface area (Å²) in [6, 6.07) is 0. The number of aliphatic carboxylic acids is 1. The van der Waals surface area contributed by atoms with Gasteiger partial charge in [-0.25, -0.2) is 4.79 Å². The average Bonchev–Trinajstić information content (AvgIpc) is 3.23. The summed E-state index contributed by atoms with van der Waals surface area (Å²) >= 11 is 0. The van der Waals surface area contributed by atoms with Gasteiger partial charge in [-0.1, -0.05) is 18.1 Å². The van der Waals surface area contributed by atoms with Crippen LogP contribution in [0.3, 0.4) is 0 Å². The van der Waals surface area contributed by atoms with Crippen molar-refractivity contribution in [3.05, 3.63) is 33.9 Å². The van der Waals surface area contributed by atoms with Gasteiger partial charge in [0, 0.05) is 11.1 Å². The molecule has 1 aromatic carbocycles. The van der Waals surface area contributed by atoms with Crippen LogP contribution in [0.15, 0.2) is 11.6 Å². The third-order valence-corrected chi connectivity index (χ3v) is 5.69. The highest BCUT2D eigenvalue weighted by Crippen LogP contribution is 2.43. The lowest BCUT2D eigenvalue weighted by Crippen LogP contribution is -2.19. The molecule has 2 atom stereocenters. The molecule has 0 amide bonds. The minimum absolute atomic E-state index is 0.0149. The maximum absolute atomic E-state index is 12.0. The molecule has 0 radical (unpaired) electrons. The van der Waals surface area contributed by atoms with E-state index in [0.29, 0.717) is 29.7 Å². The molecule has 140 valence electrons. The number of carbonyl (C=O) groups is 2. The molecular formula is C20H24O6. The van der Waals surface area contributed by atoms with Crippen LogP contribution >= 0.6 is 0 Å². The van der Waals surface area contributed by atoms with Crippen LogP contribution in [0.25, 0.3) is 0 Å². The lowest BCUT2D eigenvalue weighted by molar-refractivity contribution is -0.142. The number of aromatic hydroxyl groups is 1. The molecule has 1 aliphatic carbocycles. The molecule has 2 unspecified atom stereocenters. The summed E-state index contributed by atoms with van der Waals surface area (Å²) in [5.41, 5.74) is 3.20. The molecule has 1 fully saturated rings. The maximum atomic E-state index is 12.0. The van der Waals surface area contributed by atoms with E-state index in [4.69, 9.17) is 9.47 Å². The van der Waals surface area contributed by atoms with Crippen molar-refractivity contribution in [2.24, 2.45) is 11.8 Å². The van der Waals surface area contributed by atoms with Crippen LogP contribution in [0.1, 0.15) is 53.2 Å². The number of fused-ring (bicyclic) bond motifs is 1. The smallest absolute Gasteiger partial charge is 0.342 e. The Kier molecular flexibility index (Phi) is 4.94. The van der Waals surface area contributed by atoms with E-state index in [1.807, 2.05) is 19.9 Å². The Balaban J connectivity index is 1.95. The van der Waals surface area contributed by atoms with Crippen LogP contribution in [0.5, 0.6) is 11.5 Å². The van der Waals surface area contributed by atoms with Gasteiger partial charge < -0.3 is 19.7 Å². The summed E-state index contributed by atoms with van der Waals surface area (Å²) < 4.78 is 10.5. The predicted octanol–water partition coefficient (Wildman–Crippen LogP) is 3.37. The number of hydrogen-bond donors (Lipinski definition) is 2.